The summed E-state index contributed by atoms with van der Waals surface area (Å²) in [6, 6.07) is 7.09. The first-order valence-electron chi connectivity index (χ1n) is 8.36. The Morgan fingerprint density at radius 3 is 2.77 bits per heavy atom. The van der Waals surface area contributed by atoms with Crippen molar-refractivity contribution in [2.75, 3.05) is 0 Å². The highest BCUT2D eigenvalue weighted by molar-refractivity contribution is 6.04. The van der Waals surface area contributed by atoms with Crippen molar-refractivity contribution in [1.82, 2.24) is 19.9 Å². The third-order valence-electron chi connectivity index (χ3n) is 3.85. The van der Waals surface area contributed by atoms with Gasteiger partial charge >= 0.3 is 12.2 Å². The number of allylic oxidation sites excluding steroid dienone is 1. The van der Waals surface area contributed by atoms with E-state index in [1.165, 1.54) is 18.6 Å². The molecule has 0 unspecified atom stereocenters. The van der Waals surface area contributed by atoms with E-state index >= 15 is 0 Å². The standard InChI is InChI=1S/C18H15F3N6O3/c19-18(20,21)14(22)7-15(23)26-17(29)27-4-3-10-5-12(1-2-13(10)27)30-16-6-11(8-28)24-9-25-16/h1-7,9,28H,8,22H2,(H2,23,26,29)/p+1/b14-7-. The second kappa shape index (κ2) is 8.21. The fourth-order valence-corrected chi connectivity index (χ4v) is 2.47. The minimum Gasteiger partial charge on any atom is -0.439 e. The zero-order chi connectivity index (χ0) is 21.9. The van der Waals surface area contributed by atoms with Crippen molar-refractivity contribution < 1.29 is 33.2 Å². The van der Waals surface area contributed by atoms with Crippen LogP contribution in [-0.2, 0) is 6.61 Å². The highest BCUT2D eigenvalue weighted by Crippen LogP contribution is 2.25. The van der Waals surface area contributed by atoms with Crippen LogP contribution in [0.1, 0.15) is 5.69 Å². The number of aromatic nitrogens is 3. The van der Waals surface area contributed by atoms with Gasteiger partial charge in [-0.2, -0.15) is 18.5 Å². The number of carbonyl (C=O) groups is 1. The number of amides is 1. The average molecular weight is 421 g/mol. The van der Waals surface area contributed by atoms with Crippen LogP contribution >= 0.6 is 0 Å². The number of ether oxygens (including phenoxy) is 1. The van der Waals surface area contributed by atoms with Gasteiger partial charge in [0.15, 0.2) is 0 Å². The number of fused-ring (bicyclic) bond motifs is 1. The molecule has 156 valence electrons. The Hall–Kier alpha value is -3.93. The van der Waals surface area contributed by atoms with Gasteiger partial charge in [-0.15, -0.1) is 0 Å². The van der Waals surface area contributed by atoms with Crippen LogP contribution in [0.3, 0.4) is 0 Å². The van der Waals surface area contributed by atoms with Crippen molar-refractivity contribution in [3.63, 3.8) is 0 Å². The van der Waals surface area contributed by atoms with Crippen LogP contribution in [0.5, 0.6) is 11.6 Å². The van der Waals surface area contributed by atoms with Crippen LogP contribution < -0.4 is 21.2 Å². The Labute approximate surface area is 167 Å². The number of rotatable bonds is 4. The summed E-state index contributed by atoms with van der Waals surface area (Å²) in [6.07, 6.45) is -1.66. The van der Waals surface area contributed by atoms with Crippen molar-refractivity contribution in [3.8, 4) is 11.6 Å². The van der Waals surface area contributed by atoms with Gasteiger partial charge < -0.3 is 15.6 Å². The molecule has 6 N–H and O–H groups in total. The topological polar surface area (TPSA) is 141 Å². The fourth-order valence-electron chi connectivity index (χ4n) is 2.47. The highest BCUT2D eigenvalue weighted by Gasteiger charge is 2.32. The highest BCUT2D eigenvalue weighted by atomic mass is 19.4. The van der Waals surface area contributed by atoms with Gasteiger partial charge in [-0.05, 0) is 24.3 Å². The van der Waals surface area contributed by atoms with Gasteiger partial charge in [-0.3, -0.25) is 5.41 Å². The molecule has 0 aliphatic carbocycles. The van der Waals surface area contributed by atoms with E-state index < -0.39 is 23.7 Å². The number of amidine groups is 1. The summed E-state index contributed by atoms with van der Waals surface area (Å²) in [6.45, 7) is -0.264. The Morgan fingerprint density at radius 2 is 2.07 bits per heavy atom. The van der Waals surface area contributed by atoms with Crippen LogP contribution in [0.15, 0.2) is 54.6 Å². The molecule has 0 aliphatic rings. The van der Waals surface area contributed by atoms with Crippen LogP contribution in [0, 0.1) is 0 Å². The van der Waals surface area contributed by atoms with Crippen molar-refractivity contribution >= 4 is 22.8 Å². The largest absolute Gasteiger partial charge is 0.439 e. The van der Waals surface area contributed by atoms with Crippen LogP contribution in [0.4, 0.5) is 18.0 Å². The van der Waals surface area contributed by atoms with Crippen molar-refractivity contribution in [3.05, 3.63) is 60.3 Å². The molecule has 3 rings (SSSR count). The number of aliphatic hydroxyl groups excluding tert-OH is 1. The summed E-state index contributed by atoms with van der Waals surface area (Å²) in [7, 11) is 0. The number of nitrogens with two attached hydrogens (primary N) is 2. The number of halogens is 3. The van der Waals surface area contributed by atoms with Crippen LogP contribution in [-0.4, -0.2) is 37.7 Å². The van der Waals surface area contributed by atoms with Gasteiger partial charge in [-0.25, -0.2) is 19.3 Å². The predicted octanol–water partition coefficient (Wildman–Crippen LogP) is 0.836. The lowest BCUT2D eigenvalue weighted by Crippen LogP contribution is -2.51. The van der Waals surface area contributed by atoms with E-state index in [1.807, 2.05) is 0 Å². The molecule has 0 aliphatic heterocycles. The smallest absolute Gasteiger partial charge is 0.431 e. The Balaban J connectivity index is 1.77. The average Bonchev–Trinajstić information content (AvgIpc) is 3.10. The third-order valence-corrected chi connectivity index (χ3v) is 3.85. The van der Waals surface area contributed by atoms with Crippen LogP contribution in [0.25, 0.3) is 10.9 Å². The van der Waals surface area contributed by atoms with Gasteiger partial charge in [0.05, 0.1) is 23.9 Å². The predicted molar refractivity (Wildman–Crippen MR) is 99.2 cm³/mol. The van der Waals surface area contributed by atoms with E-state index in [0.717, 1.165) is 4.57 Å². The van der Waals surface area contributed by atoms with Crippen molar-refractivity contribution in [2.24, 2.45) is 5.73 Å². The molecule has 9 nitrogen and oxygen atoms in total. The molecule has 1 amide bonds. The maximum absolute atomic E-state index is 12.5. The van der Waals surface area contributed by atoms with Gasteiger partial charge in [0.2, 0.25) is 5.88 Å². The second-order valence-electron chi connectivity index (χ2n) is 6.00. The monoisotopic (exact) mass is 421 g/mol. The number of alkyl halides is 3. The molecule has 2 aromatic heterocycles. The van der Waals surface area contributed by atoms with E-state index in [-0.39, 0.29) is 12.5 Å². The van der Waals surface area contributed by atoms with Gasteiger partial charge in [0.25, 0.3) is 5.84 Å². The molecule has 0 bridgehead atoms. The van der Waals surface area contributed by atoms with Crippen molar-refractivity contribution in [2.45, 2.75) is 12.8 Å². The number of nitrogens with one attached hydrogen (secondary N) is 1. The maximum Gasteiger partial charge on any atom is 0.431 e. The molecule has 0 saturated carbocycles. The number of benzene rings is 1. The number of nitrogens with zero attached hydrogens (tertiary/aromatic N) is 3. The maximum atomic E-state index is 12.5. The van der Waals surface area contributed by atoms with Gasteiger partial charge in [0, 0.05) is 17.6 Å². The summed E-state index contributed by atoms with van der Waals surface area (Å²) < 4.78 is 44.1. The molecule has 0 fully saturated rings. The van der Waals surface area contributed by atoms with Gasteiger partial charge in [0.1, 0.15) is 17.8 Å². The molecule has 0 radical (unpaired) electrons. The molecular formula is C18H16F3N6O3+. The lowest BCUT2D eigenvalue weighted by molar-refractivity contribution is -0.117. The Morgan fingerprint density at radius 1 is 1.30 bits per heavy atom. The fraction of sp³-hybridized carbons (Fsp3) is 0.111. The molecule has 30 heavy (non-hydrogen) atoms. The summed E-state index contributed by atoms with van der Waals surface area (Å²) in [4.78, 5) is 20.1. The molecule has 12 heteroatoms. The molecule has 0 spiro atoms. The van der Waals surface area contributed by atoms with E-state index in [4.69, 9.17) is 21.0 Å². The first-order valence-corrected chi connectivity index (χ1v) is 8.36. The SMILES string of the molecule is N/C(=C\C(=[NH2+])NC(=O)n1ccc2cc(Oc3cc(CO)ncn3)ccc21)C(F)(F)F. The summed E-state index contributed by atoms with van der Waals surface area (Å²) in [5.41, 5.74) is 4.28. The quantitative estimate of drug-likeness (QED) is 0.363. The second-order valence-corrected chi connectivity index (χ2v) is 6.00. The molecule has 0 saturated heterocycles. The lowest BCUT2D eigenvalue weighted by atomic mass is 10.2. The van der Waals surface area contributed by atoms with Crippen LogP contribution in [0.2, 0.25) is 0 Å². The van der Waals surface area contributed by atoms with E-state index in [2.05, 4.69) is 15.3 Å². The first-order chi connectivity index (χ1) is 14.2. The number of hydrogen-bond donors (Lipinski definition) is 4. The Kier molecular flexibility index (Phi) is 5.69. The van der Waals surface area contributed by atoms with E-state index in [9.17, 15) is 18.0 Å². The minimum absolute atomic E-state index is 0.224. The van der Waals surface area contributed by atoms with E-state index in [0.29, 0.717) is 28.4 Å². The molecule has 1 aromatic carbocycles. The minimum atomic E-state index is -4.76. The summed E-state index contributed by atoms with van der Waals surface area (Å²) in [5.74, 6) is 0.0808. The molecule has 3 aromatic rings. The lowest BCUT2D eigenvalue weighted by Gasteiger charge is -2.07. The normalized spacial score (nSPS) is 12.1. The molecule has 2 heterocycles. The van der Waals surface area contributed by atoms with Gasteiger partial charge in [-0.1, -0.05) is 0 Å². The number of hydrogen-bond acceptors (Lipinski definition) is 6. The van der Waals surface area contributed by atoms with E-state index in [1.54, 1.807) is 24.3 Å². The summed E-state index contributed by atoms with van der Waals surface area (Å²) in [5, 5.41) is 17.3. The summed E-state index contributed by atoms with van der Waals surface area (Å²) >= 11 is 0. The molecular weight excluding hydrogens is 405 g/mol. The zero-order valence-electron chi connectivity index (χ0n) is 15.2. The Bertz CT molecular complexity index is 1140. The van der Waals surface area contributed by atoms with Crippen molar-refractivity contribution in [1.29, 1.82) is 0 Å². The number of aliphatic hydroxyl groups is 1. The zero-order valence-corrected chi connectivity index (χ0v) is 15.2. The third kappa shape index (κ3) is 4.72. The first kappa shape index (κ1) is 20.8. The number of carbonyl (C=O) groups excluding carboxylic acids is 1. The molecule has 0 atom stereocenters.